The summed E-state index contributed by atoms with van der Waals surface area (Å²) >= 11 is 5.45. The third-order valence-electron chi connectivity index (χ3n) is 4.29. The van der Waals surface area contributed by atoms with Gasteiger partial charge in [-0.15, -0.1) is 0 Å². The summed E-state index contributed by atoms with van der Waals surface area (Å²) in [6.45, 7) is 4.27. The number of ether oxygens (including phenoxy) is 2. The largest absolute Gasteiger partial charge is 0.493 e. The maximum Gasteiger partial charge on any atom is 0.171 e. The molecule has 140 valence electrons. The van der Waals surface area contributed by atoms with Crippen LogP contribution >= 0.6 is 12.2 Å². The van der Waals surface area contributed by atoms with Crippen molar-refractivity contribution in [2.24, 2.45) is 0 Å². The maximum absolute atomic E-state index is 5.45. The van der Waals surface area contributed by atoms with E-state index in [9.17, 15) is 0 Å². The molecule has 0 amide bonds. The summed E-state index contributed by atoms with van der Waals surface area (Å²) in [6, 6.07) is 14.3. The smallest absolute Gasteiger partial charge is 0.171 e. The molecule has 0 aliphatic carbocycles. The van der Waals surface area contributed by atoms with Crippen LogP contribution in [0.1, 0.15) is 43.9 Å². The Morgan fingerprint density at radius 3 is 2.35 bits per heavy atom. The van der Waals surface area contributed by atoms with E-state index < -0.39 is 0 Å². The van der Waals surface area contributed by atoms with E-state index in [4.69, 9.17) is 21.7 Å². The molecule has 0 aliphatic rings. The third kappa shape index (κ3) is 5.63. The number of aryl methyl sites for hydroxylation is 1. The number of benzene rings is 2. The number of hydrogen-bond donors (Lipinski definition) is 2. The van der Waals surface area contributed by atoms with E-state index in [1.807, 2.05) is 18.2 Å². The van der Waals surface area contributed by atoms with Crippen molar-refractivity contribution in [2.75, 3.05) is 19.5 Å². The molecule has 1 unspecified atom stereocenters. The Labute approximate surface area is 161 Å². The van der Waals surface area contributed by atoms with E-state index in [0.717, 1.165) is 17.7 Å². The zero-order chi connectivity index (χ0) is 18.9. The number of anilines is 1. The van der Waals surface area contributed by atoms with Crippen LogP contribution in [-0.2, 0) is 6.42 Å². The van der Waals surface area contributed by atoms with Gasteiger partial charge in [0.15, 0.2) is 16.6 Å². The monoisotopic (exact) mass is 372 g/mol. The number of hydrogen-bond acceptors (Lipinski definition) is 3. The Kier molecular flexibility index (Phi) is 7.73. The van der Waals surface area contributed by atoms with Crippen molar-refractivity contribution in [3.8, 4) is 11.5 Å². The summed E-state index contributed by atoms with van der Waals surface area (Å²) in [5.74, 6) is 1.42. The molecule has 4 nitrogen and oxygen atoms in total. The first-order valence-corrected chi connectivity index (χ1v) is 9.36. The van der Waals surface area contributed by atoms with E-state index in [0.29, 0.717) is 16.6 Å². The molecule has 0 saturated heterocycles. The second kappa shape index (κ2) is 10.0. The first-order chi connectivity index (χ1) is 12.6. The van der Waals surface area contributed by atoms with Gasteiger partial charge in [0.05, 0.1) is 20.3 Å². The van der Waals surface area contributed by atoms with Crippen LogP contribution in [0.3, 0.4) is 0 Å². The molecule has 0 saturated carbocycles. The van der Waals surface area contributed by atoms with Crippen molar-refractivity contribution in [3.63, 3.8) is 0 Å². The van der Waals surface area contributed by atoms with Gasteiger partial charge < -0.3 is 20.1 Å². The second-order valence-electron chi connectivity index (χ2n) is 6.24. The van der Waals surface area contributed by atoms with Gasteiger partial charge in [0.1, 0.15) is 0 Å². The van der Waals surface area contributed by atoms with Gasteiger partial charge in [-0.05, 0) is 67.4 Å². The van der Waals surface area contributed by atoms with Crippen molar-refractivity contribution in [1.29, 1.82) is 0 Å². The van der Waals surface area contributed by atoms with Gasteiger partial charge in [0.2, 0.25) is 0 Å². The fourth-order valence-corrected chi connectivity index (χ4v) is 3.00. The van der Waals surface area contributed by atoms with Crippen LogP contribution in [0, 0.1) is 0 Å². The normalized spacial score (nSPS) is 11.5. The molecule has 0 radical (unpaired) electrons. The van der Waals surface area contributed by atoms with Crippen LogP contribution in [0.2, 0.25) is 0 Å². The number of unbranched alkanes of at least 4 members (excludes halogenated alkanes) is 1. The fourth-order valence-electron chi connectivity index (χ4n) is 2.70. The molecule has 2 aromatic carbocycles. The quantitative estimate of drug-likeness (QED) is 0.632. The summed E-state index contributed by atoms with van der Waals surface area (Å²) in [6.07, 6.45) is 3.55. The molecule has 0 bridgehead atoms. The molecule has 2 rings (SSSR count). The predicted octanol–water partition coefficient (Wildman–Crippen LogP) is 5.09. The number of rotatable bonds is 8. The second-order valence-corrected chi connectivity index (χ2v) is 6.64. The van der Waals surface area contributed by atoms with Gasteiger partial charge in [-0.2, -0.15) is 0 Å². The van der Waals surface area contributed by atoms with E-state index in [1.165, 1.54) is 18.4 Å². The summed E-state index contributed by atoms with van der Waals surface area (Å²) < 4.78 is 10.6. The standard InChI is InChI=1S/C21H28N2O2S/c1-5-6-7-16-8-11-18(12-9-16)23-21(26)22-15(2)17-10-13-19(24-3)20(14-17)25-4/h8-15H,5-7H2,1-4H3,(H2,22,23,26). The van der Waals surface area contributed by atoms with E-state index in [1.54, 1.807) is 14.2 Å². The van der Waals surface area contributed by atoms with Crippen LogP contribution in [-0.4, -0.2) is 19.3 Å². The van der Waals surface area contributed by atoms with Gasteiger partial charge >= 0.3 is 0 Å². The zero-order valence-electron chi connectivity index (χ0n) is 16.0. The van der Waals surface area contributed by atoms with Crippen molar-refractivity contribution in [1.82, 2.24) is 5.32 Å². The van der Waals surface area contributed by atoms with Gasteiger partial charge in [-0.3, -0.25) is 0 Å². The lowest BCUT2D eigenvalue weighted by Gasteiger charge is -2.19. The Morgan fingerprint density at radius 2 is 1.73 bits per heavy atom. The average molecular weight is 373 g/mol. The molecule has 0 aliphatic heterocycles. The lowest BCUT2D eigenvalue weighted by Crippen LogP contribution is -2.30. The Balaban J connectivity index is 1.94. The number of methoxy groups -OCH3 is 2. The summed E-state index contributed by atoms with van der Waals surface area (Å²) in [5.41, 5.74) is 3.42. The first-order valence-electron chi connectivity index (χ1n) is 8.95. The molecule has 2 aromatic rings. The van der Waals surface area contributed by atoms with E-state index in [-0.39, 0.29) is 6.04 Å². The molecule has 0 aromatic heterocycles. The van der Waals surface area contributed by atoms with Crippen molar-refractivity contribution >= 4 is 23.0 Å². The number of thiocarbonyl (C=S) groups is 1. The van der Waals surface area contributed by atoms with E-state index in [2.05, 4.69) is 48.7 Å². The minimum atomic E-state index is 0.0404. The average Bonchev–Trinajstić information content (AvgIpc) is 2.66. The molecule has 2 N–H and O–H groups in total. The zero-order valence-corrected chi connectivity index (χ0v) is 16.8. The van der Waals surface area contributed by atoms with E-state index >= 15 is 0 Å². The summed E-state index contributed by atoms with van der Waals surface area (Å²) in [7, 11) is 3.27. The molecular formula is C21H28N2O2S. The van der Waals surface area contributed by atoms with Crippen molar-refractivity contribution in [2.45, 2.75) is 39.2 Å². The highest BCUT2D eigenvalue weighted by Gasteiger charge is 2.11. The van der Waals surface area contributed by atoms with Crippen molar-refractivity contribution in [3.05, 3.63) is 53.6 Å². The van der Waals surface area contributed by atoms with Crippen LogP contribution in [0.4, 0.5) is 5.69 Å². The minimum Gasteiger partial charge on any atom is -0.493 e. The lowest BCUT2D eigenvalue weighted by atomic mass is 10.1. The predicted molar refractivity (Wildman–Crippen MR) is 112 cm³/mol. The topological polar surface area (TPSA) is 42.5 Å². The van der Waals surface area contributed by atoms with Gasteiger partial charge in [0, 0.05) is 5.69 Å². The molecule has 0 spiro atoms. The molecule has 5 heteroatoms. The molecule has 1 atom stereocenters. The van der Waals surface area contributed by atoms with Crippen molar-refractivity contribution < 1.29 is 9.47 Å². The summed E-state index contributed by atoms with van der Waals surface area (Å²) in [4.78, 5) is 0. The number of nitrogens with one attached hydrogen (secondary N) is 2. The molecule has 26 heavy (non-hydrogen) atoms. The van der Waals surface area contributed by atoms with Gasteiger partial charge in [0.25, 0.3) is 0 Å². The van der Waals surface area contributed by atoms with Crippen LogP contribution < -0.4 is 20.1 Å². The van der Waals surface area contributed by atoms with Gasteiger partial charge in [-0.25, -0.2) is 0 Å². The third-order valence-corrected chi connectivity index (χ3v) is 4.51. The SMILES string of the molecule is CCCCc1ccc(NC(=S)NC(C)c2ccc(OC)c(OC)c2)cc1. The Morgan fingerprint density at radius 1 is 1.04 bits per heavy atom. The van der Waals surface area contributed by atoms with Crippen LogP contribution in [0.5, 0.6) is 11.5 Å². The highest BCUT2D eigenvalue weighted by atomic mass is 32.1. The Bertz CT molecular complexity index is 716. The van der Waals surface area contributed by atoms with Gasteiger partial charge in [-0.1, -0.05) is 31.5 Å². The Hall–Kier alpha value is -2.27. The highest BCUT2D eigenvalue weighted by Crippen LogP contribution is 2.29. The van der Waals surface area contributed by atoms with Crippen LogP contribution in [0.15, 0.2) is 42.5 Å². The fraction of sp³-hybridized carbons (Fsp3) is 0.381. The molecule has 0 heterocycles. The minimum absolute atomic E-state index is 0.0404. The maximum atomic E-state index is 5.45. The molecular weight excluding hydrogens is 344 g/mol. The molecule has 0 fully saturated rings. The summed E-state index contributed by atoms with van der Waals surface area (Å²) in [5, 5.41) is 7.14. The highest BCUT2D eigenvalue weighted by molar-refractivity contribution is 7.80. The first kappa shape index (κ1) is 20.0. The lowest BCUT2D eigenvalue weighted by molar-refractivity contribution is 0.354. The van der Waals surface area contributed by atoms with Crippen LogP contribution in [0.25, 0.3) is 0 Å².